The van der Waals surface area contributed by atoms with Crippen molar-refractivity contribution in [1.29, 1.82) is 0 Å². The Morgan fingerprint density at radius 2 is 1.81 bits per heavy atom. The quantitative estimate of drug-likeness (QED) is 0.819. The van der Waals surface area contributed by atoms with Gasteiger partial charge in [-0.25, -0.2) is 9.97 Å². The molecule has 0 aliphatic heterocycles. The predicted molar refractivity (Wildman–Crippen MR) is 67.5 cm³/mol. The van der Waals surface area contributed by atoms with E-state index in [0.717, 1.165) is 17.9 Å². The van der Waals surface area contributed by atoms with Crippen LogP contribution in [0.15, 0.2) is 12.4 Å². The molecule has 0 spiro atoms. The van der Waals surface area contributed by atoms with Gasteiger partial charge in [0.05, 0.1) is 0 Å². The van der Waals surface area contributed by atoms with Crippen LogP contribution < -0.4 is 10.6 Å². The van der Waals surface area contributed by atoms with Gasteiger partial charge in [-0.2, -0.15) is 0 Å². The molecule has 16 heavy (non-hydrogen) atoms. The third-order valence-electron chi connectivity index (χ3n) is 3.02. The van der Waals surface area contributed by atoms with Crippen molar-refractivity contribution in [2.24, 2.45) is 11.7 Å². The second-order valence-electron chi connectivity index (χ2n) is 4.53. The first-order chi connectivity index (χ1) is 7.56. The Hall–Kier alpha value is -1.16. The summed E-state index contributed by atoms with van der Waals surface area (Å²) in [6, 6.07) is 0.431. The number of hydrogen-bond acceptors (Lipinski definition) is 4. The number of nitrogens with zero attached hydrogens (tertiary/aromatic N) is 3. The molecule has 90 valence electrons. The third-order valence-corrected chi connectivity index (χ3v) is 3.02. The van der Waals surface area contributed by atoms with E-state index < -0.39 is 0 Å². The van der Waals surface area contributed by atoms with Gasteiger partial charge in [0.15, 0.2) is 0 Å². The van der Waals surface area contributed by atoms with E-state index in [-0.39, 0.29) is 0 Å². The maximum Gasteiger partial charge on any atom is 0.225 e. The van der Waals surface area contributed by atoms with Crippen LogP contribution >= 0.6 is 0 Å². The van der Waals surface area contributed by atoms with Crippen molar-refractivity contribution >= 4 is 5.95 Å². The first kappa shape index (κ1) is 12.9. The number of anilines is 1. The van der Waals surface area contributed by atoms with E-state index in [9.17, 15) is 0 Å². The molecule has 0 fully saturated rings. The highest BCUT2D eigenvalue weighted by atomic mass is 15.2. The summed E-state index contributed by atoms with van der Waals surface area (Å²) in [5.41, 5.74) is 6.57. The van der Waals surface area contributed by atoms with Crippen molar-refractivity contribution < 1.29 is 0 Å². The maximum absolute atomic E-state index is 5.48. The first-order valence-corrected chi connectivity index (χ1v) is 5.80. The van der Waals surface area contributed by atoms with Gasteiger partial charge in [-0.05, 0) is 31.4 Å². The molecule has 1 heterocycles. The molecule has 0 aromatic carbocycles. The predicted octanol–water partition coefficient (Wildman–Crippen LogP) is 1.46. The molecule has 0 aliphatic rings. The Labute approximate surface area is 97.9 Å². The molecule has 0 amide bonds. The Bertz CT molecular complexity index is 307. The van der Waals surface area contributed by atoms with Crippen molar-refractivity contribution in [2.45, 2.75) is 33.2 Å². The molecule has 1 aromatic rings. The molecule has 4 heteroatoms. The largest absolute Gasteiger partial charge is 0.341 e. The minimum Gasteiger partial charge on any atom is -0.341 e. The fourth-order valence-corrected chi connectivity index (χ4v) is 1.46. The summed E-state index contributed by atoms with van der Waals surface area (Å²) in [7, 11) is 2.03. The molecular weight excluding hydrogens is 200 g/mol. The Morgan fingerprint density at radius 1 is 1.25 bits per heavy atom. The van der Waals surface area contributed by atoms with Crippen LogP contribution in [0.5, 0.6) is 0 Å². The summed E-state index contributed by atoms with van der Waals surface area (Å²) in [6.07, 6.45) is 4.56. The van der Waals surface area contributed by atoms with Crippen molar-refractivity contribution in [2.75, 3.05) is 18.5 Å². The molecule has 4 nitrogen and oxygen atoms in total. The zero-order valence-corrected chi connectivity index (χ0v) is 10.6. The van der Waals surface area contributed by atoms with Crippen molar-refractivity contribution in [1.82, 2.24) is 9.97 Å². The lowest BCUT2D eigenvalue weighted by Gasteiger charge is -2.27. The van der Waals surface area contributed by atoms with Gasteiger partial charge >= 0.3 is 0 Å². The maximum atomic E-state index is 5.48. The Balaban J connectivity index is 2.73. The van der Waals surface area contributed by atoms with Gasteiger partial charge in [-0.1, -0.05) is 13.8 Å². The second kappa shape index (κ2) is 5.80. The van der Waals surface area contributed by atoms with Crippen LogP contribution in [0, 0.1) is 5.92 Å². The fraction of sp³-hybridized carbons (Fsp3) is 0.667. The molecule has 0 bridgehead atoms. The van der Waals surface area contributed by atoms with Gasteiger partial charge in [0, 0.05) is 25.5 Å². The third kappa shape index (κ3) is 3.17. The van der Waals surface area contributed by atoms with Crippen molar-refractivity contribution in [3.63, 3.8) is 0 Å². The molecule has 0 saturated heterocycles. The van der Waals surface area contributed by atoms with E-state index in [4.69, 9.17) is 5.73 Å². The van der Waals surface area contributed by atoms with Gasteiger partial charge in [-0.15, -0.1) is 0 Å². The number of aromatic nitrogens is 2. The zero-order valence-electron chi connectivity index (χ0n) is 10.6. The van der Waals surface area contributed by atoms with Crippen LogP contribution in [-0.4, -0.2) is 29.6 Å². The highest BCUT2D eigenvalue weighted by Crippen LogP contribution is 2.14. The Morgan fingerprint density at radius 3 is 2.25 bits per heavy atom. The molecule has 0 aliphatic carbocycles. The molecule has 2 N–H and O–H groups in total. The zero-order chi connectivity index (χ0) is 12.1. The molecule has 0 radical (unpaired) electrons. The molecule has 1 unspecified atom stereocenters. The van der Waals surface area contributed by atoms with Crippen LogP contribution in [-0.2, 0) is 6.42 Å². The molecule has 1 rings (SSSR count). The van der Waals surface area contributed by atoms with E-state index in [1.54, 1.807) is 0 Å². The second-order valence-corrected chi connectivity index (χ2v) is 4.53. The van der Waals surface area contributed by atoms with Gasteiger partial charge in [0.1, 0.15) is 0 Å². The summed E-state index contributed by atoms with van der Waals surface area (Å²) in [5.74, 6) is 1.36. The smallest absolute Gasteiger partial charge is 0.225 e. The summed E-state index contributed by atoms with van der Waals surface area (Å²) in [4.78, 5) is 10.8. The lowest BCUT2D eigenvalue weighted by Crippen LogP contribution is -2.34. The SMILES string of the molecule is CC(C)C(C)N(C)c1ncc(CCN)cn1. The van der Waals surface area contributed by atoms with Crippen molar-refractivity contribution in [3.8, 4) is 0 Å². The molecule has 1 aromatic heterocycles. The molecular formula is C12H22N4. The summed E-state index contributed by atoms with van der Waals surface area (Å²) < 4.78 is 0. The number of nitrogens with two attached hydrogens (primary N) is 1. The average Bonchev–Trinajstić information content (AvgIpc) is 2.28. The molecule has 1 atom stereocenters. The fourth-order valence-electron chi connectivity index (χ4n) is 1.46. The van der Waals surface area contributed by atoms with Gasteiger partial charge in [-0.3, -0.25) is 0 Å². The summed E-state index contributed by atoms with van der Waals surface area (Å²) in [5, 5.41) is 0. The molecule has 0 saturated carbocycles. The minimum atomic E-state index is 0.431. The average molecular weight is 222 g/mol. The van der Waals surface area contributed by atoms with E-state index in [1.807, 2.05) is 19.4 Å². The topological polar surface area (TPSA) is 55.0 Å². The van der Waals surface area contributed by atoms with E-state index >= 15 is 0 Å². The van der Waals surface area contributed by atoms with Crippen LogP contribution in [0.1, 0.15) is 26.3 Å². The monoisotopic (exact) mass is 222 g/mol. The number of hydrogen-bond donors (Lipinski definition) is 1. The van der Waals surface area contributed by atoms with E-state index in [1.165, 1.54) is 0 Å². The lowest BCUT2D eigenvalue weighted by molar-refractivity contribution is 0.499. The van der Waals surface area contributed by atoms with Gasteiger partial charge in [0.2, 0.25) is 5.95 Å². The highest BCUT2D eigenvalue weighted by molar-refractivity contribution is 5.30. The van der Waals surface area contributed by atoms with Gasteiger partial charge in [0.25, 0.3) is 0 Å². The van der Waals surface area contributed by atoms with Crippen LogP contribution in [0.25, 0.3) is 0 Å². The van der Waals surface area contributed by atoms with Crippen LogP contribution in [0.2, 0.25) is 0 Å². The minimum absolute atomic E-state index is 0.431. The normalized spacial score (nSPS) is 12.9. The summed E-state index contributed by atoms with van der Waals surface area (Å²) >= 11 is 0. The standard InChI is InChI=1S/C12H22N4/c1-9(2)10(3)16(4)12-14-7-11(5-6-13)8-15-12/h7-10H,5-6,13H2,1-4H3. The highest BCUT2D eigenvalue weighted by Gasteiger charge is 2.15. The van der Waals surface area contributed by atoms with Crippen molar-refractivity contribution in [3.05, 3.63) is 18.0 Å². The lowest BCUT2D eigenvalue weighted by atomic mass is 10.1. The van der Waals surface area contributed by atoms with E-state index in [0.29, 0.717) is 18.5 Å². The van der Waals surface area contributed by atoms with E-state index in [2.05, 4.69) is 35.6 Å². The first-order valence-electron chi connectivity index (χ1n) is 5.80. The summed E-state index contributed by atoms with van der Waals surface area (Å²) in [6.45, 7) is 7.22. The van der Waals surface area contributed by atoms with Crippen LogP contribution in [0.4, 0.5) is 5.95 Å². The van der Waals surface area contributed by atoms with Crippen LogP contribution in [0.3, 0.4) is 0 Å². The Kier molecular flexibility index (Phi) is 4.68. The number of rotatable bonds is 5. The van der Waals surface area contributed by atoms with Gasteiger partial charge < -0.3 is 10.6 Å².